The van der Waals surface area contributed by atoms with Crippen LogP contribution in [0.25, 0.3) is 10.9 Å². The van der Waals surface area contributed by atoms with E-state index in [2.05, 4.69) is 9.97 Å². The lowest BCUT2D eigenvalue weighted by Gasteiger charge is -2.15. The first kappa shape index (κ1) is 20.0. The van der Waals surface area contributed by atoms with E-state index in [0.717, 1.165) is 12.1 Å². The van der Waals surface area contributed by atoms with Gasteiger partial charge >= 0.3 is 6.18 Å². The number of fused-ring (bicyclic) bond motifs is 1. The van der Waals surface area contributed by atoms with Crippen LogP contribution < -0.4 is 4.74 Å². The molecule has 0 aliphatic carbocycles. The Bertz CT molecular complexity index is 1080. The maximum atomic E-state index is 12.6. The summed E-state index contributed by atoms with van der Waals surface area (Å²) >= 11 is 0. The van der Waals surface area contributed by atoms with Gasteiger partial charge in [0.05, 0.1) is 23.3 Å². The highest BCUT2D eigenvalue weighted by atomic mass is 19.4. The largest absolute Gasteiger partial charge is 0.439 e. The highest BCUT2D eigenvalue weighted by Gasteiger charge is 2.33. The molecule has 1 aliphatic heterocycles. The van der Waals surface area contributed by atoms with Gasteiger partial charge in [0.25, 0.3) is 5.91 Å². The Kier molecular flexibility index (Phi) is 5.04. The minimum atomic E-state index is -4.47. The minimum Gasteiger partial charge on any atom is -0.439 e. The Morgan fingerprint density at radius 2 is 1.80 bits per heavy atom. The predicted octanol–water partition coefficient (Wildman–Crippen LogP) is 2.62. The molecule has 1 fully saturated rings. The van der Waals surface area contributed by atoms with Crippen molar-refractivity contribution in [3.8, 4) is 11.6 Å². The highest BCUT2D eigenvalue weighted by molar-refractivity contribution is 5.95. The summed E-state index contributed by atoms with van der Waals surface area (Å²) < 4.78 is 43.3. The summed E-state index contributed by atoms with van der Waals surface area (Å²) in [5.74, 6) is -0.0449. The van der Waals surface area contributed by atoms with Crippen LogP contribution in [-0.4, -0.2) is 56.3 Å². The molecule has 10 heteroatoms. The number of hydrogen-bond donors (Lipinski definition) is 2. The zero-order valence-corrected chi connectivity index (χ0v) is 15.4. The molecule has 156 valence electrons. The number of ether oxygens (including phenoxy) is 1. The van der Waals surface area contributed by atoms with Crippen LogP contribution in [0.4, 0.5) is 13.2 Å². The summed E-state index contributed by atoms with van der Waals surface area (Å²) in [7, 11) is 0. The van der Waals surface area contributed by atoms with Gasteiger partial charge in [-0.15, -0.1) is 0 Å². The third-order valence-corrected chi connectivity index (χ3v) is 4.71. The van der Waals surface area contributed by atoms with Crippen LogP contribution in [0.5, 0.6) is 11.6 Å². The molecule has 0 radical (unpaired) electrons. The summed E-state index contributed by atoms with van der Waals surface area (Å²) in [6.45, 7) is 0.0687. The zero-order valence-electron chi connectivity index (χ0n) is 15.4. The van der Waals surface area contributed by atoms with Gasteiger partial charge in [-0.2, -0.15) is 13.2 Å². The second-order valence-corrected chi connectivity index (χ2v) is 6.88. The first-order chi connectivity index (χ1) is 14.2. The summed E-state index contributed by atoms with van der Waals surface area (Å²) in [6, 6.07) is 9.99. The van der Waals surface area contributed by atoms with Gasteiger partial charge in [-0.05, 0) is 30.3 Å². The van der Waals surface area contributed by atoms with E-state index in [-0.39, 0.29) is 24.7 Å². The van der Waals surface area contributed by atoms with Gasteiger partial charge < -0.3 is 19.8 Å². The summed E-state index contributed by atoms with van der Waals surface area (Å²) in [5.41, 5.74) is -0.191. The van der Waals surface area contributed by atoms with Crippen molar-refractivity contribution in [2.75, 3.05) is 13.1 Å². The van der Waals surface area contributed by atoms with Crippen molar-refractivity contribution in [3.05, 3.63) is 59.9 Å². The van der Waals surface area contributed by atoms with E-state index in [0.29, 0.717) is 22.8 Å². The van der Waals surface area contributed by atoms with Crippen LogP contribution in [0.15, 0.2) is 48.7 Å². The Balaban J connectivity index is 1.51. The predicted molar refractivity (Wildman–Crippen MR) is 99.0 cm³/mol. The number of rotatable bonds is 3. The van der Waals surface area contributed by atoms with E-state index in [1.807, 2.05) is 0 Å². The molecule has 2 atom stereocenters. The van der Waals surface area contributed by atoms with Crippen molar-refractivity contribution in [2.24, 2.45) is 0 Å². The first-order valence-corrected chi connectivity index (χ1v) is 8.98. The van der Waals surface area contributed by atoms with Crippen molar-refractivity contribution in [1.29, 1.82) is 0 Å². The van der Waals surface area contributed by atoms with E-state index >= 15 is 0 Å². The number of aromatic nitrogens is 2. The molecule has 1 amide bonds. The number of benzene rings is 1. The molecule has 0 bridgehead atoms. The topological polar surface area (TPSA) is 95.8 Å². The SMILES string of the molecule is O=C(c1ccc2cc(Oc3ccc(C(F)(F)F)cn3)ccc2n1)N1C[C@H](O)[C@@H](O)C1. The fraction of sp³-hybridized carbons (Fsp3) is 0.250. The number of hydrogen-bond acceptors (Lipinski definition) is 6. The fourth-order valence-corrected chi connectivity index (χ4v) is 3.11. The number of amides is 1. The number of aliphatic hydroxyl groups excluding tert-OH is 2. The van der Waals surface area contributed by atoms with Gasteiger partial charge in [0.15, 0.2) is 0 Å². The number of halogens is 3. The molecule has 3 heterocycles. The van der Waals surface area contributed by atoms with E-state index in [1.165, 1.54) is 11.0 Å². The van der Waals surface area contributed by atoms with Gasteiger partial charge in [0.2, 0.25) is 5.88 Å². The van der Waals surface area contributed by atoms with Crippen molar-refractivity contribution in [1.82, 2.24) is 14.9 Å². The molecule has 4 rings (SSSR count). The molecule has 2 N–H and O–H groups in total. The Morgan fingerprint density at radius 1 is 1.07 bits per heavy atom. The quantitative estimate of drug-likeness (QED) is 0.678. The number of carbonyl (C=O) groups excluding carboxylic acids is 1. The third kappa shape index (κ3) is 4.05. The van der Waals surface area contributed by atoms with Crippen LogP contribution in [0, 0.1) is 0 Å². The number of nitrogens with zero attached hydrogens (tertiary/aromatic N) is 3. The lowest BCUT2D eigenvalue weighted by Crippen LogP contribution is -2.30. The zero-order chi connectivity index (χ0) is 21.5. The van der Waals surface area contributed by atoms with E-state index in [1.54, 1.807) is 24.3 Å². The fourth-order valence-electron chi connectivity index (χ4n) is 3.11. The summed E-state index contributed by atoms with van der Waals surface area (Å²) in [4.78, 5) is 21.8. The Hall–Kier alpha value is -3.24. The lowest BCUT2D eigenvalue weighted by atomic mass is 10.2. The molecule has 1 saturated heterocycles. The number of pyridine rings is 2. The molecule has 1 aliphatic rings. The standard InChI is InChI=1S/C20H16F3N3O4/c21-20(22,23)12-2-6-18(24-8-12)30-13-3-5-14-11(7-13)1-4-15(25-14)19(29)26-9-16(27)17(28)10-26/h1-8,16-17,27-28H,9-10H2/t16-,17-/m0/s1. The number of alkyl halides is 3. The van der Waals surface area contributed by atoms with Crippen LogP contribution in [-0.2, 0) is 6.18 Å². The maximum Gasteiger partial charge on any atom is 0.417 e. The van der Waals surface area contributed by atoms with E-state index in [9.17, 15) is 28.2 Å². The monoisotopic (exact) mass is 419 g/mol. The summed E-state index contributed by atoms with van der Waals surface area (Å²) in [5, 5.41) is 19.9. The number of aliphatic hydroxyl groups is 2. The Morgan fingerprint density at radius 3 is 2.43 bits per heavy atom. The number of β-amino-alcohol motifs (C(OH)–C–C–N with tert-alkyl or cyclic N) is 2. The van der Waals surface area contributed by atoms with Crippen molar-refractivity contribution < 1.29 is 32.9 Å². The van der Waals surface area contributed by atoms with Gasteiger partial charge in [-0.1, -0.05) is 6.07 Å². The maximum absolute atomic E-state index is 12.6. The molecule has 1 aromatic carbocycles. The van der Waals surface area contributed by atoms with Crippen LogP contribution >= 0.6 is 0 Å². The van der Waals surface area contributed by atoms with Crippen molar-refractivity contribution in [2.45, 2.75) is 18.4 Å². The lowest BCUT2D eigenvalue weighted by molar-refractivity contribution is -0.137. The molecular weight excluding hydrogens is 403 g/mol. The average molecular weight is 419 g/mol. The molecule has 0 spiro atoms. The number of carbonyl (C=O) groups is 1. The van der Waals surface area contributed by atoms with Crippen LogP contribution in [0.2, 0.25) is 0 Å². The molecule has 0 saturated carbocycles. The van der Waals surface area contributed by atoms with Crippen molar-refractivity contribution in [3.63, 3.8) is 0 Å². The second kappa shape index (κ2) is 7.54. The van der Waals surface area contributed by atoms with E-state index < -0.39 is 29.9 Å². The van der Waals surface area contributed by atoms with Crippen LogP contribution in [0.1, 0.15) is 16.1 Å². The minimum absolute atomic E-state index is 0.00764. The van der Waals surface area contributed by atoms with Crippen molar-refractivity contribution >= 4 is 16.8 Å². The molecule has 30 heavy (non-hydrogen) atoms. The number of likely N-dealkylation sites (tertiary alicyclic amines) is 1. The first-order valence-electron chi connectivity index (χ1n) is 8.98. The molecule has 0 unspecified atom stereocenters. The average Bonchev–Trinajstić information content (AvgIpc) is 3.05. The summed E-state index contributed by atoms with van der Waals surface area (Å²) in [6.07, 6.45) is -5.73. The van der Waals surface area contributed by atoms with Crippen LogP contribution in [0.3, 0.4) is 0 Å². The van der Waals surface area contributed by atoms with Gasteiger partial charge in [-0.25, -0.2) is 9.97 Å². The van der Waals surface area contributed by atoms with Gasteiger partial charge in [0.1, 0.15) is 11.4 Å². The Labute approximate surface area is 168 Å². The molecule has 7 nitrogen and oxygen atoms in total. The second-order valence-electron chi connectivity index (χ2n) is 6.88. The smallest absolute Gasteiger partial charge is 0.417 e. The normalized spacial score (nSPS) is 19.3. The molecular formula is C20H16F3N3O4. The van der Waals surface area contributed by atoms with E-state index in [4.69, 9.17) is 4.74 Å². The molecule has 3 aromatic rings. The van der Waals surface area contributed by atoms with Gasteiger partial charge in [-0.3, -0.25) is 4.79 Å². The highest BCUT2D eigenvalue weighted by Crippen LogP contribution is 2.30. The van der Waals surface area contributed by atoms with Gasteiger partial charge in [0, 0.05) is 30.7 Å². The molecule has 2 aromatic heterocycles. The third-order valence-electron chi connectivity index (χ3n) is 4.71.